The maximum Gasteiger partial charge on any atom is 0.264 e. The molecule has 0 spiro atoms. The van der Waals surface area contributed by atoms with Crippen LogP contribution in [0, 0.1) is 5.92 Å². The molecule has 2 N–H and O–H groups in total. The quantitative estimate of drug-likeness (QED) is 0.885. The average molecular weight is 358 g/mol. The maximum absolute atomic E-state index is 12.7. The van der Waals surface area contributed by atoms with E-state index in [1.807, 2.05) is 0 Å². The van der Waals surface area contributed by atoms with Crippen LogP contribution in [-0.2, 0) is 10.0 Å². The number of thiophene rings is 1. The number of carbonyl (C=O) groups excluding carboxylic acids is 1. The Bertz CT molecular complexity index is 678. The van der Waals surface area contributed by atoms with Crippen molar-refractivity contribution in [1.29, 1.82) is 0 Å². The van der Waals surface area contributed by atoms with E-state index in [0.717, 1.165) is 30.6 Å². The molecule has 1 aromatic rings. The van der Waals surface area contributed by atoms with Gasteiger partial charge in [-0.15, -0.1) is 11.3 Å². The number of hydrogen-bond donors (Lipinski definition) is 1. The van der Waals surface area contributed by atoms with Crippen molar-refractivity contribution in [2.75, 3.05) is 26.2 Å². The summed E-state index contributed by atoms with van der Waals surface area (Å²) in [6.45, 7) is 4.46. The first-order valence-electron chi connectivity index (χ1n) is 8.03. The molecule has 8 heteroatoms. The van der Waals surface area contributed by atoms with Crippen LogP contribution >= 0.6 is 11.3 Å². The van der Waals surface area contributed by atoms with Crippen molar-refractivity contribution in [2.45, 2.75) is 36.4 Å². The van der Waals surface area contributed by atoms with E-state index in [9.17, 15) is 13.2 Å². The summed E-state index contributed by atoms with van der Waals surface area (Å²) in [7, 11) is -3.48. The van der Waals surface area contributed by atoms with Crippen LogP contribution in [0.25, 0.3) is 0 Å². The number of sulfonamides is 1. The minimum absolute atomic E-state index is 0.0254. The fourth-order valence-corrected chi connectivity index (χ4v) is 5.95. The van der Waals surface area contributed by atoms with Crippen molar-refractivity contribution in [3.63, 3.8) is 0 Å². The molecule has 0 bridgehead atoms. The molecular formula is C15H23N3O3S2. The summed E-state index contributed by atoms with van der Waals surface area (Å²) >= 11 is 1.07. The molecule has 0 saturated carbocycles. The minimum atomic E-state index is -3.48. The molecule has 0 aliphatic carbocycles. The number of nitrogens with two attached hydrogens (primary N) is 1. The summed E-state index contributed by atoms with van der Waals surface area (Å²) < 4.78 is 27.2. The fourth-order valence-electron chi connectivity index (χ4n) is 3.05. The normalized spacial score (nSPS) is 24.3. The summed E-state index contributed by atoms with van der Waals surface area (Å²) in [5.41, 5.74) is 5.83. The number of piperidine rings is 1. The Kier molecular flexibility index (Phi) is 4.78. The van der Waals surface area contributed by atoms with Crippen LogP contribution in [0.2, 0.25) is 0 Å². The van der Waals surface area contributed by atoms with Gasteiger partial charge >= 0.3 is 0 Å². The topological polar surface area (TPSA) is 83.7 Å². The van der Waals surface area contributed by atoms with Gasteiger partial charge < -0.3 is 10.6 Å². The van der Waals surface area contributed by atoms with E-state index in [1.54, 1.807) is 21.3 Å². The lowest BCUT2D eigenvalue weighted by atomic mass is 10.0. The second kappa shape index (κ2) is 6.51. The third kappa shape index (κ3) is 3.45. The summed E-state index contributed by atoms with van der Waals surface area (Å²) in [5.74, 6) is 0.456. The second-order valence-electron chi connectivity index (χ2n) is 6.51. The van der Waals surface area contributed by atoms with Crippen LogP contribution in [0.3, 0.4) is 0 Å². The standard InChI is InChI=1S/C15H23N3O3S2/c1-11-4-8-18(9-5-11)23(20,21)14-3-2-13(22-14)15(19)17-7-6-12(16)10-17/h2-3,11-12H,4-10,16H2,1H3/t12-/m1/s1. The third-order valence-corrected chi connectivity index (χ3v) is 8.08. The molecule has 0 radical (unpaired) electrons. The van der Waals surface area contributed by atoms with E-state index < -0.39 is 10.0 Å². The zero-order valence-corrected chi connectivity index (χ0v) is 14.9. The minimum Gasteiger partial charge on any atom is -0.336 e. The summed E-state index contributed by atoms with van der Waals surface area (Å²) in [5, 5.41) is 0. The van der Waals surface area contributed by atoms with Gasteiger partial charge in [-0.25, -0.2) is 8.42 Å². The molecule has 1 amide bonds. The Hall–Kier alpha value is -0.960. The maximum atomic E-state index is 12.7. The molecule has 2 aliphatic rings. The Morgan fingerprint density at radius 1 is 1.22 bits per heavy atom. The van der Waals surface area contributed by atoms with Crippen molar-refractivity contribution in [2.24, 2.45) is 11.7 Å². The Morgan fingerprint density at radius 3 is 2.52 bits per heavy atom. The summed E-state index contributed by atoms with van der Waals surface area (Å²) in [6.07, 6.45) is 2.58. The molecule has 1 atom stereocenters. The van der Waals surface area contributed by atoms with Crippen LogP contribution in [0.15, 0.2) is 16.3 Å². The van der Waals surface area contributed by atoms with E-state index in [2.05, 4.69) is 6.92 Å². The molecule has 2 aliphatic heterocycles. The average Bonchev–Trinajstić information content (AvgIpc) is 3.16. The van der Waals surface area contributed by atoms with Crippen LogP contribution in [0.1, 0.15) is 35.9 Å². The number of hydrogen-bond acceptors (Lipinski definition) is 5. The van der Waals surface area contributed by atoms with Gasteiger partial charge in [0.05, 0.1) is 4.88 Å². The van der Waals surface area contributed by atoms with Gasteiger partial charge in [-0.2, -0.15) is 4.31 Å². The van der Waals surface area contributed by atoms with Gasteiger partial charge in [0, 0.05) is 32.2 Å². The first-order chi connectivity index (χ1) is 10.9. The zero-order valence-electron chi connectivity index (χ0n) is 13.3. The summed E-state index contributed by atoms with van der Waals surface area (Å²) in [4.78, 5) is 14.6. The van der Waals surface area contributed by atoms with Gasteiger partial charge in [0.15, 0.2) is 0 Å². The van der Waals surface area contributed by atoms with Gasteiger partial charge in [0.2, 0.25) is 0 Å². The highest BCUT2D eigenvalue weighted by Gasteiger charge is 2.31. The number of amides is 1. The molecule has 2 saturated heterocycles. The molecular weight excluding hydrogens is 334 g/mol. The van der Waals surface area contributed by atoms with E-state index in [1.165, 1.54) is 0 Å². The van der Waals surface area contributed by atoms with E-state index in [-0.39, 0.29) is 16.2 Å². The number of rotatable bonds is 3. The SMILES string of the molecule is CC1CCN(S(=O)(=O)c2ccc(C(=O)N3CC[C@@H](N)C3)s2)CC1. The van der Waals surface area contributed by atoms with Crippen molar-refractivity contribution in [3.05, 3.63) is 17.0 Å². The van der Waals surface area contributed by atoms with E-state index in [4.69, 9.17) is 5.73 Å². The second-order valence-corrected chi connectivity index (χ2v) is 9.75. The predicted octanol–water partition coefficient (Wildman–Crippen LogP) is 1.34. The molecule has 1 aromatic heterocycles. The van der Waals surface area contributed by atoms with E-state index in [0.29, 0.717) is 37.0 Å². The molecule has 23 heavy (non-hydrogen) atoms. The van der Waals surface area contributed by atoms with Crippen LogP contribution in [-0.4, -0.2) is 55.8 Å². The first-order valence-corrected chi connectivity index (χ1v) is 10.3. The third-order valence-electron chi connectivity index (χ3n) is 4.64. The smallest absolute Gasteiger partial charge is 0.264 e. The van der Waals surface area contributed by atoms with Crippen molar-refractivity contribution in [3.8, 4) is 0 Å². The molecule has 3 rings (SSSR count). The van der Waals surface area contributed by atoms with Crippen LogP contribution < -0.4 is 5.73 Å². The Balaban J connectivity index is 1.74. The number of likely N-dealkylation sites (tertiary alicyclic amines) is 1. The van der Waals surface area contributed by atoms with Crippen LogP contribution in [0.4, 0.5) is 0 Å². The predicted molar refractivity (Wildman–Crippen MR) is 90.0 cm³/mol. The van der Waals surface area contributed by atoms with Gasteiger partial charge in [0.1, 0.15) is 4.21 Å². The Morgan fingerprint density at radius 2 is 1.91 bits per heavy atom. The molecule has 2 fully saturated rings. The Labute approximate surface area is 141 Å². The van der Waals surface area contributed by atoms with Gasteiger partial charge in [-0.3, -0.25) is 4.79 Å². The van der Waals surface area contributed by atoms with Gasteiger partial charge in [0.25, 0.3) is 15.9 Å². The lowest BCUT2D eigenvalue weighted by molar-refractivity contribution is 0.0795. The van der Waals surface area contributed by atoms with E-state index >= 15 is 0 Å². The molecule has 3 heterocycles. The van der Waals surface area contributed by atoms with Crippen molar-refractivity contribution >= 4 is 27.3 Å². The fraction of sp³-hybridized carbons (Fsp3) is 0.667. The zero-order chi connectivity index (χ0) is 16.6. The van der Waals surface area contributed by atoms with Crippen LogP contribution in [0.5, 0.6) is 0 Å². The first kappa shape index (κ1) is 16.9. The highest BCUT2D eigenvalue weighted by Crippen LogP contribution is 2.29. The largest absolute Gasteiger partial charge is 0.336 e. The lowest BCUT2D eigenvalue weighted by Gasteiger charge is -2.28. The highest BCUT2D eigenvalue weighted by atomic mass is 32.2. The van der Waals surface area contributed by atoms with Gasteiger partial charge in [-0.1, -0.05) is 6.92 Å². The number of carbonyl (C=O) groups is 1. The van der Waals surface area contributed by atoms with Crippen molar-refractivity contribution < 1.29 is 13.2 Å². The lowest BCUT2D eigenvalue weighted by Crippen LogP contribution is -2.37. The molecule has 0 unspecified atom stereocenters. The summed E-state index contributed by atoms with van der Waals surface area (Å²) in [6, 6.07) is 3.20. The van der Waals surface area contributed by atoms with Gasteiger partial charge in [-0.05, 0) is 37.3 Å². The molecule has 0 aromatic carbocycles. The molecule has 128 valence electrons. The highest BCUT2D eigenvalue weighted by molar-refractivity contribution is 7.91. The monoisotopic (exact) mass is 357 g/mol. The number of nitrogens with zero attached hydrogens (tertiary/aromatic N) is 2. The molecule has 6 nitrogen and oxygen atoms in total. The van der Waals surface area contributed by atoms with Crippen molar-refractivity contribution in [1.82, 2.24) is 9.21 Å².